The van der Waals surface area contributed by atoms with Crippen molar-refractivity contribution in [2.45, 2.75) is 31.3 Å². The average Bonchev–Trinajstić information content (AvgIpc) is 2.90. The van der Waals surface area contributed by atoms with Crippen LogP contribution in [0.5, 0.6) is 0 Å². The molecule has 0 unspecified atom stereocenters. The van der Waals surface area contributed by atoms with E-state index in [0.717, 1.165) is 12.1 Å². The first-order valence-corrected chi connectivity index (χ1v) is 7.83. The first kappa shape index (κ1) is 15.5. The second-order valence-electron chi connectivity index (χ2n) is 4.85. The molecule has 1 atom stereocenters. The molecule has 0 saturated heterocycles. The number of aryl methyl sites for hydroxylation is 1. The maximum atomic E-state index is 11.9. The van der Waals surface area contributed by atoms with Crippen molar-refractivity contribution in [3.8, 4) is 0 Å². The molecule has 0 aliphatic heterocycles. The molecule has 1 aromatic carbocycles. The number of carbonyl (C=O) groups is 1. The number of hydrogen-bond donors (Lipinski definition) is 1. The van der Waals surface area contributed by atoms with E-state index in [0.29, 0.717) is 11.1 Å². The summed E-state index contributed by atoms with van der Waals surface area (Å²) in [5.41, 5.74) is 2.10. The summed E-state index contributed by atoms with van der Waals surface area (Å²) < 4.78 is 1.54. The smallest absolute Gasteiger partial charge is 0.234 e. The average molecular weight is 305 g/mol. The lowest BCUT2D eigenvalue weighted by atomic mass is 9.99. The van der Waals surface area contributed by atoms with Crippen molar-refractivity contribution < 1.29 is 4.79 Å². The van der Waals surface area contributed by atoms with Gasteiger partial charge >= 0.3 is 0 Å². The Morgan fingerprint density at radius 1 is 1.38 bits per heavy atom. The molecule has 0 fully saturated rings. The number of thioether (sulfide) groups is 1. The van der Waals surface area contributed by atoms with Gasteiger partial charge in [0, 0.05) is 12.7 Å². The van der Waals surface area contributed by atoms with Gasteiger partial charge in [0.05, 0.1) is 5.75 Å². The van der Waals surface area contributed by atoms with Crippen molar-refractivity contribution >= 4 is 23.4 Å². The number of nitrogens with zero attached hydrogens (tertiary/aromatic N) is 4. The molecule has 1 heterocycles. The van der Waals surface area contributed by atoms with Crippen LogP contribution in [0.25, 0.3) is 0 Å². The Hall–Kier alpha value is -1.89. The summed E-state index contributed by atoms with van der Waals surface area (Å²) in [5.74, 6) is 0.745. The summed E-state index contributed by atoms with van der Waals surface area (Å²) in [6.07, 6.45) is 1.11. The Bertz CT molecular complexity index is 596. The Labute approximate surface area is 128 Å². The number of benzene rings is 1. The van der Waals surface area contributed by atoms with E-state index in [1.165, 1.54) is 17.3 Å². The van der Waals surface area contributed by atoms with E-state index in [1.807, 2.05) is 12.1 Å². The van der Waals surface area contributed by atoms with E-state index in [-0.39, 0.29) is 11.7 Å². The number of hydrogen-bond acceptors (Lipinski definition) is 5. The number of aromatic nitrogens is 4. The summed E-state index contributed by atoms with van der Waals surface area (Å²) >= 11 is 1.31. The second kappa shape index (κ2) is 7.21. The molecule has 2 rings (SSSR count). The Balaban J connectivity index is 1.86. The summed E-state index contributed by atoms with van der Waals surface area (Å²) in [6, 6.07) is 7.99. The number of rotatable bonds is 6. The van der Waals surface area contributed by atoms with E-state index < -0.39 is 0 Å². The highest BCUT2D eigenvalue weighted by atomic mass is 32.2. The van der Waals surface area contributed by atoms with Crippen LogP contribution in [0.2, 0.25) is 0 Å². The van der Waals surface area contributed by atoms with E-state index in [2.05, 4.69) is 46.8 Å². The lowest BCUT2D eigenvalue weighted by molar-refractivity contribution is -0.113. The fourth-order valence-corrected chi connectivity index (χ4v) is 2.45. The summed E-state index contributed by atoms with van der Waals surface area (Å²) in [5, 5.41) is 14.6. The van der Waals surface area contributed by atoms with Crippen LogP contribution < -0.4 is 5.32 Å². The highest BCUT2D eigenvalue weighted by molar-refractivity contribution is 7.99. The van der Waals surface area contributed by atoms with Gasteiger partial charge in [0.2, 0.25) is 11.1 Å². The lowest BCUT2D eigenvalue weighted by Gasteiger charge is -2.10. The third-order valence-corrected chi connectivity index (χ3v) is 4.30. The molecular weight excluding hydrogens is 286 g/mol. The number of anilines is 1. The standard InChI is InChI=1S/C14H19N5OS/c1-4-10(2)11-5-7-12(8-6-11)15-13(20)9-21-14-16-17-18-19(14)3/h5-8,10H,4,9H2,1-3H3,(H,15,20)/t10-/m0/s1. The van der Waals surface area contributed by atoms with Gasteiger partial charge in [-0.3, -0.25) is 4.79 Å². The molecule has 1 N–H and O–H groups in total. The molecule has 112 valence electrons. The maximum absolute atomic E-state index is 11.9. The number of tetrazole rings is 1. The predicted molar refractivity (Wildman–Crippen MR) is 83.3 cm³/mol. The van der Waals surface area contributed by atoms with E-state index >= 15 is 0 Å². The van der Waals surface area contributed by atoms with Crippen molar-refractivity contribution in [1.29, 1.82) is 0 Å². The highest BCUT2D eigenvalue weighted by Crippen LogP contribution is 2.20. The van der Waals surface area contributed by atoms with Crippen molar-refractivity contribution in [1.82, 2.24) is 20.2 Å². The summed E-state index contributed by atoms with van der Waals surface area (Å²) in [6.45, 7) is 4.36. The highest BCUT2D eigenvalue weighted by Gasteiger charge is 2.08. The first-order valence-electron chi connectivity index (χ1n) is 6.85. The number of amides is 1. The van der Waals surface area contributed by atoms with Crippen molar-refractivity contribution in [2.24, 2.45) is 7.05 Å². The third-order valence-electron chi connectivity index (χ3n) is 3.29. The molecule has 0 bridgehead atoms. The van der Waals surface area contributed by atoms with Gasteiger partial charge in [-0.2, -0.15) is 0 Å². The van der Waals surface area contributed by atoms with Crippen LogP contribution in [0.15, 0.2) is 29.4 Å². The summed E-state index contributed by atoms with van der Waals surface area (Å²) in [7, 11) is 1.74. The molecule has 1 aromatic heterocycles. The predicted octanol–water partition coefficient (Wildman–Crippen LogP) is 2.45. The van der Waals surface area contributed by atoms with Crippen LogP contribution >= 0.6 is 11.8 Å². The van der Waals surface area contributed by atoms with Crippen LogP contribution in [0.4, 0.5) is 5.69 Å². The van der Waals surface area contributed by atoms with Gasteiger partial charge in [-0.1, -0.05) is 37.7 Å². The van der Waals surface area contributed by atoms with Crippen LogP contribution in [0, 0.1) is 0 Å². The van der Waals surface area contributed by atoms with Crippen LogP contribution in [-0.4, -0.2) is 31.9 Å². The van der Waals surface area contributed by atoms with Gasteiger partial charge in [-0.15, -0.1) is 5.10 Å². The van der Waals surface area contributed by atoms with Gasteiger partial charge in [0.1, 0.15) is 0 Å². The van der Waals surface area contributed by atoms with Crippen LogP contribution in [0.1, 0.15) is 31.7 Å². The monoisotopic (exact) mass is 305 g/mol. The summed E-state index contributed by atoms with van der Waals surface area (Å²) in [4.78, 5) is 11.9. The first-order chi connectivity index (χ1) is 10.1. The van der Waals surface area contributed by atoms with Gasteiger partial charge in [0.15, 0.2) is 0 Å². The normalized spacial score (nSPS) is 12.1. The van der Waals surface area contributed by atoms with E-state index in [4.69, 9.17) is 0 Å². The van der Waals surface area contributed by atoms with Crippen molar-refractivity contribution in [2.75, 3.05) is 11.1 Å². The molecule has 0 radical (unpaired) electrons. The lowest BCUT2D eigenvalue weighted by Crippen LogP contribution is -2.14. The van der Waals surface area contributed by atoms with Crippen LogP contribution in [0.3, 0.4) is 0 Å². The van der Waals surface area contributed by atoms with Crippen LogP contribution in [-0.2, 0) is 11.8 Å². The Morgan fingerprint density at radius 2 is 2.10 bits per heavy atom. The molecule has 0 spiro atoms. The topological polar surface area (TPSA) is 72.7 Å². The largest absolute Gasteiger partial charge is 0.325 e. The number of nitrogens with one attached hydrogen (secondary N) is 1. The molecule has 0 saturated carbocycles. The molecule has 0 aliphatic rings. The van der Waals surface area contributed by atoms with Gasteiger partial charge in [0.25, 0.3) is 0 Å². The molecular formula is C14H19N5OS. The van der Waals surface area contributed by atoms with E-state index in [1.54, 1.807) is 11.7 Å². The zero-order valence-electron chi connectivity index (χ0n) is 12.4. The third kappa shape index (κ3) is 4.29. The molecule has 2 aromatic rings. The Morgan fingerprint density at radius 3 is 2.67 bits per heavy atom. The van der Waals surface area contributed by atoms with Gasteiger partial charge in [-0.25, -0.2) is 4.68 Å². The fourth-order valence-electron chi connectivity index (χ4n) is 1.80. The molecule has 7 heteroatoms. The van der Waals surface area contributed by atoms with E-state index in [9.17, 15) is 4.79 Å². The minimum atomic E-state index is -0.0701. The quantitative estimate of drug-likeness (QED) is 0.830. The molecule has 21 heavy (non-hydrogen) atoms. The molecule has 0 aliphatic carbocycles. The second-order valence-corrected chi connectivity index (χ2v) is 5.80. The SMILES string of the molecule is CC[C@H](C)c1ccc(NC(=O)CSc2nnnn2C)cc1. The van der Waals surface area contributed by atoms with Crippen molar-refractivity contribution in [3.63, 3.8) is 0 Å². The van der Waals surface area contributed by atoms with Gasteiger partial charge < -0.3 is 5.32 Å². The minimum Gasteiger partial charge on any atom is -0.325 e. The fraction of sp³-hybridized carbons (Fsp3) is 0.429. The zero-order valence-corrected chi connectivity index (χ0v) is 13.2. The molecule has 1 amide bonds. The maximum Gasteiger partial charge on any atom is 0.234 e. The molecule has 6 nitrogen and oxygen atoms in total. The van der Waals surface area contributed by atoms with Crippen molar-refractivity contribution in [3.05, 3.63) is 29.8 Å². The van der Waals surface area contributed by atoms with Gasteiger partial charge in [-0.05, 0) is 40.5 Å². The minimum absolute atomic E-state index is 0.0701. The Kier molecular flexibility index (Phi) is 5.32. The zero-order chi connectivity index (χ0) is 15.2. The number of carbonyl (C=O) groups excluding carboxylic acids is 1.